The molecule has 0 bridgehead atoms. The Morgan fingerprint density at radius 2 is 1.48 bits per heavy atom. The zero-order chi connectivity index (χ0) is 29.2. The molecule has 0 radical (unpaired) electrons. The molecule has 1 aliphatic heterocycles. The van der Waals surface area contributed by atoms with Crippen molar-refractivity contribution in [2.24, 2.45) is 0 Å². The second kappa shape index (κ2) is 14.5. The molecular weight excluding hydrogens is 564 g/mol. The molecule has 1 heterocycles. The van der Waals surface area contributed by atoms with Crippen molar-refractivity contribution in [3.63, 3.8) is 0 Å². The molecule has 0 aromatic heterocycles. The van der Waals surface area contributed by atoms with Crippen LogP contribution in [0.5, 0.6) is 0 Å². The Balaban J connectivity index is 1.39. The number of nitro groups is 2. The van der Waals surface area contributed by atoms with E-state index in [0.29, 0.717) is 30.5 Å². The van der Waals surface area contributed by atoms with Gasteiger partial charge in [-0.2, -0.15) is 25.3 Å². The van der Waals surface area contributed by atoms with Crippen molar-refractivity contribution in [2.45, 2.75) is 49.0 Å². The van der Waals surface area contributed by atoms with Crippen molar-refractivity contribution >= 4 is 54.6 Å². The number of ether oxygens (including phenoxy) is 2. The average Bonchev–Trinajstić information content (AvgIpc) is 3.34. The molecule has 15 heteroatoms. The van der Waals surface area contributed by atoms with Gasteiger partial charge in [-0.1, -0.05) is 0 Å². The van der Waals surface area contributed by atoms with E-state index >= 15 is 0 Å². The highest BCUT2D eigenvalue weighted by Gasteiger charge is 2.38. The first-order valence-electron chi connectivity index (χ1n) is 12.2. The number of carbonyl (C=O) groups excluding carboxylic acids is 3. The topological polar surface area (TPSA) is 171 Å². The zero-order valence-electron chi connectivity index (χ0n) is 21.2. The molecule has 1 N–H and O–H groups in total. The van der Waals surface area contributed by atoms with Crippen molar-refractivity contribution in [1.82, 2.24) is 10.2 Å². The summed E-state index contributed by atoms with van der Waals surface area (Å²) in [5, 5.41) is 23.5. The van der Waals surface area contributed by atoms with Gasteiger partial charge in [-0.15, -0.1) is 0 Å². The second-order valence-electron chi connectivity index (χ2n) is 9.05. The van der Waals surface area contributed by atoms with Crippen LogP contribution in [0.4, 0.5) is 16.2 Å². The maximum Gasteiger partial charge on any atom is 0.410 e. The summed E-state index contributed by atoms with van der Waals surface area (Å²) in [6.07, 6.45) is 0.368. The summed E-state index contributed by atoms with van der Waals surface area (Å²) < 4.78 is 10.5. The first kappa shape index (κ1) is 30.7. The molecule has 40 heavy (non-hydrogen) atoms. The van der Waals surface area contributed by atoms with E-state index in [1.54, 1.807) is 0 Å². The summed E-state index contributed by atoms with van der Waals surface area (Å²) in [5.74, 6) is -1.05. The zero-order valence-corrected chi connectivity index (χ0v) is 23.0. The van der Waals surface area contributed by atoms with Crippen LogP contribution in [0, 0.1) is 20.2 Å². The van der Waals surface area contributed by atoms with Crippen LogP contribution in [0.3, 0.4) is 0 Å². The van der Waals surface area contributed by atoms with Crippen LogP contribution in [-0.2, 0) is 32.3 Å². The minimum Gasteiger partial charge on any atom is -0.460 e. The number of rotatable bonds is 12. The quantitative estimate of drug-likeness (QED) is 0.144. The summed E-state index contributed by atoms with van der Waals surface area (Å²) in [4.78, 5) is 58.9. The molecular formula is C25H28N4O9S2. The van der Waals surface area contributed by atoms with Crippen LogP contribution in [0.1, 0.15) is 30.4 Å². The predicted molar refractivity (Wildman–Crippen MR) is 149 cm³/mol. The molecule has 2 aromatic rings. The van der Waals surface area contributed by atoms with Crippen molar-refractivity contribution in [3.05, 3.63) is 79.9 Å². The van der Waals surface area contributed by atoms with Crippen LogP contribution in [0.15, 0.2) is 48.5 Å². The van der Waals surface area contributed by atoms with Gasteiger partial charge in [0.15, 0.2) is 0 Å². The van der Waals surface area contributed by atoms with Gasteiger partial charge in [0.1, 0.15) is 19.8 Å². The van der Waals surface area contributed by atoms with Gasteiger partial charge >= 0.3 is 12.1 Å². The molecule has 0 aliphatic carbocycles. The number of carbonyl (C=O) groups is 3. The molecule has 3 rings (SSSR count). The molecule has 1 aliphatic rings. The lowest BCUT2D eigenvalue weighted by Gasteiger charge is -2.28. The van der Waals surface area contributed by atoms with Crippen LogP contribution >= 0.6 is 25.3 Å². The highest BCUT2D eigenvalue weighted by Crippen LogP contribution is 2.29. The standard InChI is InChI=1S/C25H28N4O9S2/c30-23(26-12-24(31)37-14-16-1-5-18(6-2-16)28(33)34)10-9-22(40)21-11-20(39)13-27(21)25(32)38-15-17-3-7-19(8-4-17)29(35)36/h1-8,20-22,39-40H,9-15H2,(H,26,30). The van der Waals surface area contributed by atoms with Crippen molar-refractivity contribution in [3.8, 4) is 0 Å². The molecule has 0 spiro atoms. The number of likely N-dealkylation sites (tertiary alicyclic amines) is 1. The van der Waals surface area contributed by atoms with Crippen molar-refractivity contribution in [2.75, 3.05) is 13.1 Å². The number of hydrogen-bond acceptors (Lipinski definition) is 11. The van der Waals surface area contributed by atoms with Crippen LogP contribution in [0.25, 0.3) is 0 Å². The summed E-state index contributed by atoms with van der Waals surface area (Å²) in [7, 11) is 0. The third-order valence-corrected chi connectivity index (χ3v) is 7.13. The van der Waals surface area contributed by atoms with Crippen LogP contribution in [0.2, 0.25) is 0 Å². The largest absolute Gasteiger partial charge is 0.460 e. The first-order valence-corrected chi connectivity index (χ1v) is 13.2. The van der Waals surface area contributed by atoms with E-state index in [-0.39, 0.29) is 60.0 Å². The van der Waals surface area contributed by atoms with Crippen LogP contribution in [-0.4, -0.2) is 62.3 Å². The molecule has 3 unspecified atom stereocenters. The smallest absolute Gasteiger partial charge is 0.410 e. The number of nitrogens with zero attached hydrogens (tertiary/aromatic N) is 3. The van der Waals surface area contributed by atoms with E-state index in [2.05, 4.69) is 30.6 Å². The van der Waals surface area contributed by atoms with Crippen molar-refractivity contribution in [1.29, 1.82) is 0 Å². The lowest BCUT2D eigenvalue weighted by atomic mass is 10.1. The lowest BCUT2D eigenvalue weighted by molar-refractivity contribution is -0.385. The normalized spacial score (nSPS) is 17.1. The SMILES string of the molecule is O=C(CCC(S)C1CC(S)CN1C(=O)OCc1ccc([N+](=O)[O-])cc1)NCC(=O)OCc1ccc([N+](=O)[O-])cc1. The fourth-order valence-corrected chi connectivity index (χ4v) is 4.82. The Bertz CT molecular complexity index is 1230. The monoisotopic (exact) mass is 592 g/mol. The Kier molecular flexibility index (Phi) is 11.1. The summed E-state index contributed by atoms with van der Waals surface area (Å²) in [6.45, 7) is -0.144. The second-order valence-corrected chi connectivity index (χ2v) is 10.4. The molecule has 3 atom stereocenters. The fraction of sp³-hybridized carbons (Fsp3) is 0.400. The van der Waals surface area contributed by atoms with E-state index in [4.69, 9.17) is 9.47 Å². The summed E-state index contributed by atoms with van der Waals surface area (Å²) in [6, 6.07) is 10.9. The summed E-state index contributed by atoms with van der Waals surface area (Å²) >= 11 is 9.09. The summed E-state index contributed by atoms with van der Waals surface area (Å²) in [5.41, 5.74) is 1.03. The Morgan fingerprint density at radius 3 is 2.00 bits per heavy atom. The number of thiol groups is 2. The molecule has 214 valence electrons. The highest BCUT2D eigenvalue weighted by molar-refractivity contribution is 7.81. The molecule has 0 saturated carbocycles. The van der Waals surface area contributed by atoms with Gasteiger partial charge in [0.25, 0.3) is 11.4 Å². The molecule has 2 amide bonds. The van der Waals surface area contributed by atoms with E-state index in [1.807, 2.05) is 0 Å². The third kappa shape index (κ3) is 9.12. The maximum atomic E-state index is 12.7. The number of nitrogens with one attached hydrogen (secondary N) is 1. The van der Waals surface area contributed by atoms with Gasteiger partial charge in [-0.25, -0.2) is 4.79 Å². The molecule has 1 fully saturated rings. The number of non-ortho nitro benzene ring substituents is 2. The van der Waals surface area contributed by atoms with E-state index < -0.39 is 21.9 Å². The van der Waals surface area contributed by atoms with Gasteiger partial charge in [-0.3, -0.25) is 29.8 Å². The number of nitro benzene ring substituents is 2. The van der Waals surface area contributed by atoms with Gasteiger partial charge in [-0.05, 0) is 48.2 Å². The lowest BCUT2D eigenvalue weighted by Crippen LogP contribution is -2.41. The van der Waals surface area contributed by atoms with Crippen LogP contribution < -0.4 is 5.32 Å². The average molecular weight is 593 g/mol. The van der Waals surface area contributed by atoms with E-state index in [9.17, 15) is 34.6 Å². The number of benzene rings is 2. The highest BCUT2D eigenvalue weighted by atomic mass is 32.1. The first-order chi connectivity index (χ1) is 19.0. The Hall–Kier alpha value is -3.85. The van der Waals surface area contributed by atoms with Gasteiger partial charge in [0.05, 0.1) is 9.85 Å². The third-order valence-electron chi connectivity index (χ3n) is 6.15. The van der Waals surface area contributed by atoms with Gasteiger partial charge in [0.2, 0.25) is 5.91 Å². The maximum absolute atomic E-state index is 12.7. The number of amides is 2. The Labute approximate surface area is 240 Å². The molecule has 13 nitrogen and oxygen atoms in total. The fourth-order valence-electron chi connectivity index (χ4n) is 4.02. The predicted octanol–water partition coefficient (Wildman–Crippen LogP) is 3.45. The van der Waals surface area contributed by atoms with Gasteiger partial charge < -0.3 is 19.7 Å². The Morgan fingerprint density at radius 1 is 0.950 bits per heavy atom. The van der Waals surface area contributed by atoms with Gasteiger partial charge in [0, 0.05) is 53.8 Å². The minimum atomic E-state index is -0.662. The number of hydrogen-bond donors (Lipinski definition) is 3. The molecule has 1 saturated heterocycles. The number of esters is 1. The van der Waals surface area contributed by atoms with E-state index in [0.717, 1.165) is 0 Å². The molecule has 2 aromatic carbocycles. The van der Waals surface area contributed by atoms with Crippen molar-refractivity contribution < 1.29 is 33.7 Å². The van der Waals surface area contributed by atoms with E-state index in [1.165, 1.54) is 53.4 Å². The minimum absolute atomic E-state index is 0.0583.